The smallest absolute Gasteiger partial charge is 0.270 e. The average molecular weight is 334 g/mol. The minimum Gasteiger partial charge on any atom is -0.507 e. The zero-order valence-electron chi connectivity index (χ0n) is 14.0. The largest absolute Gasteiger partial charge is 0.507 e. The van der Waals surface area contributed by atoms with Crippen molar-refractivity contribution in [3.63, 3.8) is 0 Å². The maximum Gasteiger partial charge on any atom is 0.270 e. The Morgan fingerprint density at radius 1 is 1.16 bits per heavy atom. The number of rotatable bonds is 4. The summed E-state index contributed by atoms with van der Waals surface area (Å²) in [6.45, 7) is 3.79. The fraction of sp³-hybridized carbons (Fsp3) is 0.150. The first-order chi connectivity index (χ1) is 12.0. The predicted molar refractivity (Wildman–Crippen MR) is 96.8 cm³/mol. The number of hydrogen-bond acceptors (Lipinski definition) is 4. The molecule has 0 aliphatic carbocycles. The van der Waals surface area contributed by atoms with Crippen LogP contribution in [0.25, 0.3) is 22.0 Å². The monoisotopic (exact) mass is 334 g/mol. The summed E-state index contributed by atoms with van der Waals surface area (Å²) in [5, 5.41) is 14.1. The van der Waals surface area contributed by atoms with Crippen molar-refractivity contribution in [2.24, 2.45) is 0 Å². The van der Waals surface area contributed by atoms with Crippen LogP contribution in [-0.2, 0) is 0 Å². The van der Waals surface area contributed by atoms with Crippen LogP contribution in [0.15, 0.2) is 48.5 Å². The number of carbonyl (C=O) groups is 2. The molecule has 2 N–H and O–H groups in total. The Hall–Kier alpha value is -3.21. The Balaban J connectivity index is 2.04. The Labute approximate surface area is 145 Å². The highest BCUT2D eigenvalue weighted by atomic mass is 16.3. The SMILES string of the molecule is CC(C)NC(=O)c1cccc(-c2ccc3c(C=O)c(O)ccc3c2)n1. The Kier molecular flexibility index (Phi) is 4.48. The van der Waals surface area contributed by atoms with Gasteiger partial charge in [0, 0.05) is 11.6 Å². The number of aldehydes is 1. The highest BCUT2D eigenvalue weighted by molar-refractivity contribution is 6.02. The summed E-state index contributed by atoms with van der Waals surface area (Å²) in [6.07, 6.45) is 0.645. The lowest BCUT2D eigenvalue weighted by molar-refractivity contribution is 0.0938. The number of fused-ring (bicyclic) bond motifs is 1. The van der Waals surface area contributed by atoms with Crippen molar-refractivity contribution in [1.82, 2.24) is 10.3 Å². The lowest BCUT2D eigenvalue weighted by Crippen LogP contribution is -2.30. The van der Waals surface area contributed by atoms with Gasteiger partial charge in [0.25, 0.3) is 5.91 Å². The summed E-state index contributed by atoms with van der Waals surface area (Å²) in [5.41, 5.74) is 2.11. The van der Waals surface area contributed by atoms with Crippen molar-refractivity contribution in [2.75, 3.05) is 0 Å². The molecule has 25 heavy (non-hydrogen) atoms. The fourth-order valence-corrected chi connectivity index (χ4v) is 2.68. The molecule has 0 aliphatic heterocycles. The molecule has 3 rings (SSSR count). The van der Waals surface area contributed by atoms with Crippen molar-refractivity contribution >= 4 is 23.0 Å². The quantitative estimate of drug-likeness (QED) is 0.715. The third-order valence-corrected chi connectivity index (χ3v) is 3.85. The molecule has 0 unspecified atom stereocenters. The summed E-state index contributed by atoms with van der Waals surface area (Å²) in [7, 11) is 0. The average Bonchev–Trinajstić information content (AvgIpc) is 2.61. The van der Waals surface area contributed by atoms with Crippen LogP contribution < -0.4 is 5.32 Å². The number of aromatic hydroxyl groups is 1. The second-order valence-corrected chi connectivity index (χ2v) is 6.09. The van der Waals surface area contributed by atoms with Gasteiger partial charge in [-0.2, -0.15) is 0 Å². The molecule has 0 atom stereocenters. The lowest BCUT2D eigenvalue weighted by Gasteiger charge is -2.10. The molecule has 0 aliphatic rings. The first-order valence-corrected chi connectivity index (χ1v) is 7.99. The first-order valence-electron chi connectivity index (χ1n) is 7.99. The van der Waals surface area contributed by atoms with Crippen molar-refractivity contribution < 1.29 is 14.7 Å². The second-order valence-electron chi connectivity index (χ2n) is 6.09. The third kappa shape index (κ3) is 3.35. The number of nitrogens with zero attached hydrogens (tertiary/aromatic N) is 1. The van der Waals surface area contributed by atoms with Gasteiger partial charge in [-0.3, -0.25) is 9.59 Å². The standard InChI is InChI=1S/C20H18N2O3/c1-12(2)21-20(25)18-5-3-4-17(22-18)14-6-8-15-13(10-14)7-9-19(24)16(15)11-23/h3-12,24H,1-2H3,(H,21,25). The maximum absolute atomic E-state index is 12.1. The van der Waals surface area contributed by atoms with E-state index >= 15 is 0 Å². The van der Waals surface area contributed by atoms with E-state index in [0.717, 1.165) is 10.9 Å². The molecule has 0 radical (unpaired) electrons. The van der Waals surface area contributed by atoms with Crippen molar-refractivity contribution in [3.05, 3.63) is 59.8 Å². The molecule has 1 aromatic heterocycles. The summed E-state index contributed by atoms with van der Waals surface area (Å²) >= 11 is 0. The predicted octanol–water partition coefficient (Wildman–Crippen LogP) is 3.56. The number of phenols is 1. The van der Waals surface area contributed by atoms with E-state index in [4.69, 9.17) is 0 Å². The minimum atomic E-state index is -0.217. The lowest BCUT2D eigenvalue weighted by atomic mass is 10.0. The topological polar surface area (TPSA) is 79.3 Å². The zero-order chi connectivity index (χ0) is 18.0. The number of aromatic nitrogens is 1. The molecule has 5 heteroatoms. The Bertz CT molecular complexity index is 964. The van der Waals surface area contributed by atoms with Gasteiger partial charge in [-0.15, -0.1) is 0 Å². The number of amides is 1. The van der Waals surface area contributed by atoms with Gasteiger partial charge in [0.15, 0.2) is 6.29 Å². The minimum absolute atomic E-state index is 0.0352. The van der Waals surface area contributed by atoms with E-state index in [9.17, 15) is 14.7 Å². The molecule has 1 heterocycles. The van der Waals surface area contributed by atoms with Gasteiger partial charge in [-0.05, 0) is 48.9 Å². The first kappa shape index (κ1) is 16.6. The summed E-state index contributed by atoms with van der Waals surface area (Å²) in [5.74, 6) is -0.258. The molecule has 0 spiro atoms. The number of hydrogen-bond donors (Lipinski definition) is 2. The van der Waals surface area contributed by atoms with Crippen LogP contribution in [0.3, 0.4) is 0 Å². The highest BCUT2D eigenvalue weighted by Gasteiger charge is 2.11. The molecular weight excluding hydrogens is 316 g/mol. The van der Waals surface area contributed by atoms with Crippen LogP contribution in [0.1, 0.15) is 34.7 Å². The summed E-state index contributed by atoms with van der Waals surface area (Å²) in [4.78, 5) is 27.8. The van der Waals surface area contributed by atoms with Gasteiger partial charge in [0.05, 0.1) is 11.3 Å². The van der Waals surface area contributed by atoms with E-state index in [2.05, 4.69) is 10.3 Å². The normalized spacial score (nSPS) is 10.8. The van der Waals surface area contributed by atoms with Crippen LogP contribution in [0.5, 0.6) is 5.75 Å². The number of phenolic OH excluding ortho intramolecular Hbond substituents is 1. The van der Waals surface area contributed by atoms with Crippen LogP contribution in [0, 0.1) is 0 Å². The van der Waals surface area contributed by atoms with Crippen LogP contribution >= 0.6 is 0 Å². The van der Waals surface area contributed by atoms with E-state index in [-0.39, 0.29) is 23.3 Å². The summed E-state index contributed by atoms with van der Waals surface area (Å²) < 4.78 is 0. The molecule has 0 saturated carbocycles. The fourth-order valence-electron chi connectivity index (χ4n) is 2.68. The molecule has 5 nitrogen and oxygen atoms in total. The van der Waals surface area contributed by atoms with E-state index in [1.54, 1.807) is 24.3 Å². The maximum atomic E-state index is 12.1. The molecule has 126 valence electrons. The number of pyridine rings is 1. The molecule has 0 fully saturated rings. The van der Waals surface area contributed by atoms with Gasteiger partial charge in [-0.25, -0.2) is 4.98 Å². The second kappa shape index (κ2) is 6.73. The van der Waals surface area contributed by atoms with Gasteiger partial charge in [0.1, 0.15) is 11.4 Å². The van der Waals surface area contributed by atoms with Gasteiger partial charge in [0.2, 0.25) is 0 Å². The summed E-state index contributed by atoms with van der Waals surface area (Å²) in [6, 6.07) is 14.0. The Morgan fingerprint density at radius 3 is 2.68 bits per heavy atom. The third-order valence-electron chi connectivity index (χ3n) is 3.85. The zero-order valence-corrected chi connectivity index (χ0v) is 14.0. The Morgan fingerprint density at radius 2 is 1.96 bits per heavy atom. The van der Waals surface area contributed by atoms with E-state index in [1.807, 2.05) is 32.0 Å². The van der Waals surface area contributed by atoms with Crippen LogP contribution in [0.4, 0.5) is 0 Å². The molecule has 1 amide bonds. The van der Waals surface area contributed by atoms with Crippen LogP contribution in [0.2, 0.25) is 0 Å². The number of benzene rings is 2. The van der Waals surface area contributed by atoms with Gasteiger partial charge in [-0.1, -0.05) is 24.3 Å². The molecule has 2 aromatic carbocycles. The molecular formula is C20H18N2O3. The molecule has 0 saturated heterocycles. The van der Waals surface area contributed by atoms with Crippen molar-refractivity contribution in [2.45, 2.75) is 19.9 Å². The van der Waals surface area contributed by atoms with E-state index < -0.39 is 0 Å². The van der Waals surface area contributed by atoms with Crippen molar-refractivity contribution in [3.8, 4) is 17.0 Å². The molecule has 0 bridgehead atoms. The van der Waals surface area contributed by atoms with E-state index in [1.165, 1.54) is 6.07 Å². The molecule has 3 aromatic rings. The van der Waals surface area contributed by atoms with Crippen molar-refractivity contribution in [1.29, 1.82) is 0 Å². The van der Waals surface area contributed by atoms with Gasteiger partial charge >= 0.3 is 0 Å². The highest BCUT2D eigenvalue weighted by Crippen LogP contribution is 2.29. The number of carbonyl (C=O) groups excluding carboxylic acids is 2. The van der Waals surface area contributed by atoms with Crippen LogP contribution in [-0.4, -0.2) is 28.3 Å². The van der Waals surface area contributed by atoms with E-state index in [0.29, 0.717) is 23.1 Å². The van der Waals surface area contributed by atoms with Gasteiger partial charge < -0.3 is 10.4 Å². The number of nitrogens with one attached hydrogen (secondary N) is 1.